The smallest absolute Gasteiger partial charge is 0.416 e. The van der Waals surface area contributed by atoms with Gasteiger partial charge in [-0.2, -0.15) is 0 Å². The summed E-state index contributed by atoms with van der Waals surface area (Å²) >= 11 is 3.08. The lowest BCUT2D eigenvalue weighted by Crippen LogP contribution is -2.35. The van der Waals surface area contributed by atoms with Crippen molar-refractivity contribution < 1.29 is 14.3 Å². The van der Waals surface area contributed by atoms with Crippen LogP contribution in [0.1, 0.15) is 6.92 Å². The predicted molar refractivity (Wildman–Crippen MR) is 41.5 cm³/mol. The number of amides is 2. The fourth-order valence-corrected chi connectivity index (χ4v) is 1.06. The fraction of sp³-hybridized carbons (Fsp3) is 0.667. The van der Waals surface area contributed by atoms with Crippen LogP contribution in [0.4, 0.5) is 4.79 Å². The van der Waals surface area contributed by atoms with Crippen LogP contribution in [0, 0.1) is 0 Å². The molecule has 0 saturated carbocycles. The summed E-state index contributed by atoms with van der Waals surface area (Å²) in [4.78, 5) is 22.7. The van der Waals surface area contributed by atoms with Crippen LogP contribution in [-0.2, 0) is 9.53 Å². The molecule has 0 aromatic heterocycles. The Kier molecular flexibility index (Phi) is 2.49. The van der Waals surface area contributed by atoms with Crippen molar-refractivity contribution >= 4 is 27.9 Å². The number of nitrogens with zero attached hydrogens (tertiary/aromatic N) is 1. The van der Waals surface area contributed by atoms with E-state index in [1.54, 1.807) is 6.92 Å². The van der Waals surface area contributed by atoms with Gasteiger partial charge < -0.3 is 4.74 Å². The Morgan fingerprint density at radius 3 is 2.82 bits per heavy atom. The second-order valence-electron chi connectivity index (χ2n) is 2.22. The lowest BCUT2D eigenvalue weighted by atomic mass is 10.4. The minimum atomic E-state index is -0.540. The van der Waals surface area contributed by atoms with Gasteiger partial charge in [-0.3, -0.25) is 4.79 Å². The second-order valence-corrected chi connectivity index (χ2v) is 3.59. The summed E-state index contributed by atoms with van der Waals surface area (Å²) in [5.74, 6) is -0.243. The summed E-state index contributed by atoms with van der Waals surface area (Å²) in [5, 5.41) is 0. The molecule has 0 radical (unpaired) electrons. The molecule has 1 rings (SSSR count). The third kappa shape index (κ3) is 1.71. The highest BCUT2D eigenvalue weighted by Crippen LogP contribution is 2.09. The molecule has 1 saturated heterocycles. The molecule has 62 valence electrons. The quantitative estimate of drug-likeness (QED) is 0.615. The topological polar surface area (TPSA) is 46.6 Å². The largest absolute Gasteiger partial charge is 0.447 e. The van der Waals surface area contributed by atoms with E-state index in [-0.39, 0.29) is 10.7 Å². The Bertz CT molecular complexity index is 192. The van der Waals surface area contributed by atoms with Crippen molar-refractivity contribution in [2.45, 2.75) is 11.8 Å². The minimum absolute atomic E-state index is 0.243. The summed E-state index contributed by atoms with van der Waals surface area (Å²) in [6.07, 6.45) is -0.540. The molecule has 0 aromatic rings. The molecule has 0 aliphatic carbocycles. The number of imide groups is 1. The number of ether oxygens (including phenoxy) is 1. The van der Waals surface area contributed by atoms with Gasteiger partial charge in [0.25, 0.3) is 0 Å². The highest BCUT2D eigenvalue weighted by atomic mass is 79.9. The molecule has 11 heavy (non-hydrogen) atoms. The first-order chi connectivity index (χ1) is 5.13. The normalized spacial score (nSPS) is 19.8. The lowest BCUT2D eigenvalue weighted by molar-refractivity contribution is -0.126. The van der Waals surface area contributed by atoms with E-state index in [4.69, 9.17) is 0 Å². The summed E-state index contributed by atoms with van der Waals surface area (Å²) < 4.78 is 4.58. The monoisotopic (exact) mass is 221 g/mol. The molecule has 1 fully saturated rings. The maximum Gasteiger partial charge on any atom is 0.416 e. The number of carbonyl (C=O) groups excluding carboxylic acids is 2. The Balaban J connectivity index is 2.60. The first-order valence-electron chi connectivity index (χ1n) is 3.25. The van der Waals surface area contributed by atoms with Gasteiger partial charge in [0.2, 0.25) is 5.91 Å². The van der Waals surface area contributed by atoms with Gasteiger partial charge in [-0.15, -0.1) is 0 Å². The summed E-state index contributed by atoms with van der Waals surface area (Å²) in [6.45, 7) is 2.35. The molecule has 0 spiro atoms. The number of hydrogen-bond acceptors (Lipinski definition) is 3. The van der Waals surface area contributed by atoms with Gasteiger partial charge in [-0.25, -0.2) is 9.69 Å². The van der Waals surface area contributed by atoms with Crippen molar-refractivity contribution in [1.29, 1.82) is 0 Å². The van der Waals surface area contributed by atoms with E-state index in [2.05, 4.69) is 20.7 Å². The molecule has 4 nitrogen and oxygen atoms in total. The van der Waals surface area contributed by atoms with Crippen LogP contribution in [0.15, 0.2) is 0 Å². The summed E-state index contributed by atoms with van der Waals surface area (Å²) in [7, 11) is 0. The van der Waals surface area contributed by atoms with Gasteiger partial charge in [0.05, 0.1) is 11.4 Å². The number of halogens is 1. The number of rotatable bonds is 1. The average Bonchev–Trinajstić information content (AvgIpc) is 2.33. The summed E-state index contributed by atoms with van der Waals surface area (Å²) in [5.41, 5.74) is 0. The minimum Gasteiger partial charge on any atom is -0.447 e. The molecule has 5 heteroatoms. The van der Waals surface area contributed by atoms with Crippen molar-refractivity contribution in [2.24, 2.45) is 0 Å². The first kappa shape index (κ1) is 8.52. The van der Waals surface area contributed by atoms with Crippen LogP contribution in [0.3, 0.4) is 0 Å². The molecule has 1 atom stereocenters. The zero-order valence-electron chi connectivity index (χ0n) is 6.04. The second kappa shape index (κ2) is 3.21. The molecule has 1 aliphatic rings. The van der Waals surface area contributed by atoms with E-state index >= 15 is 0 Å². The number of hydrogen-bond donors (Lipinski definition) is 0. The van der Waals surface area contributed by atoms with Crippen molar-refractivity contribution in [2.75, 3.05) is 13.2 Å². The van der Waals surface area contributed by atoms with Crippen LogP contribution in [0.5, 0.6) is 0 Å². The van der Waals surface area contributed by atoms with E-state index in [0.29, 0.717) is 13.2 Å². The number of carbonyl (C=O) groups is 2. The predicted octanol–water partition coefficient (Wildman–Crippen LogP) is 0.749. The van der Waals surface area contributed by atoms with E-state index in [0.717, 1.165) is 4.90 Å². The third-order valence-electron chi connectivity index (χ3n) is 1.37. The van der Waals surface area contributed by atoms with Gasteiger partial charge in [0.1, 0.15) is 6.61 Å². The van der Waals surface area contributed by atoms with Gasteiger partial charge in [0.15, 0.2) is 0 Å². The molecule has 0 aromatic carbocycles. The van der Waals surface area contributed by atoms with E-state index in [1.807, 2.05) is 0 Å². The zero-order chi connectivity index (χ0) is 8.43. The molecule has 1 aliphatic heterocycles. The lowest BCUT2D eigenvalue weighted by Gasteiger charge is -2.11. The summed E-state index contributed by atoms with van der Waals surface area (Å²) in [6, 6.07) is 0. The third-order valence-corrected chi connectivity index (χ3v) is 1.76. The maximum atomic E-state index is 11.1. The van der Waals surface area contributed by atoms with Crippen molar-refractivity contribution in [1.82, 2.24) is 4.90 Å². The van der Waals surface area contributed by atoms with Gasteiger partial charge in [0, 0.05) is 0 Å². The number of alkyl halides is 1. The van der Waals surface area contributed by atoms with Crippen molar-refractivity contribution in [3.8, 4) is 0 Å². The SMILES string of the molecule is CC(Br)C(=O)N1CCOC1=O. The Morgan fingerprint density at radius 2 is 2.45 bits per heavy atom. The highest BCUT2D eigenvalue weighted by molar-refractivity contribution is 9.10. The molecule has 0 bridgehead atoms. The van der Waals surface area contributed by atoms with Crippen molar-refractivity contribution in [3.63, 3.8) is 0 Å². The zero-order valence-corrected chi connectivity index (χ0v) is 7.63. The molecular formula is C6H8BrNO3. The molecule has 1 unspecified atom stereocenters. The number of cyclic esters (lactones) is 1. The van der Waals surface area contributed by atoms with Crippen LogP contribution < -0.4 is 0 Å². The Morgan fingerprint density at radius 1 is 1.82 bits per heavy atom. The molecular weight excluding hydrogens is 214 g/mol. The molecule has 2 amide bonds. The van der Waals surface area contributed by atoms with Crippen LogP contribution in [-0.4, -0.2) is 34.9 Å². The first-order valence-corrected chi connectivity index (χ1v) is 4.16. The highest BCUT2D eigenvalue weighted by Gasteiger charge is 2.30. The van der Waals surface area contributed by atoms with Gasteiger partial charge in [-0.05, 0) is 6.92 Å². The van der Waals surface area contributed by atoms with E-state index in [1.165, 1.54) is 0 Å². The van der Waals surface area contributed by atoms with Crippen LogP contribution >= 0.6 is 15.9 Å². The van der Waals surface area contributed by atoms with E-state index in [9.17, 15) is 9.59 Å². The van der Waals surface area contributed by atoms with Crippen molar-refractivity contribution in [3.05, 3.63) is 0 Å². The standard InChI is InChI=1S/C6H8BrNO3/c1-4(7)5(9)8-2-3-11-6(8)10/h4H,2-3H2,1H3. The molecule has 0 N–H and O–H groups in total. The van der Waals surface area contributed by atoms with Gasteiger partial charge >= 0.3 is 6.09 Å². The Hall–Kier alpha value is -0.580. The van der Waals surface area contributed by atoms with E-state index < -0.39 is 6.09 Å². The molecule has 1 heterocycles. The van der Waals surface area contributed by atoms with Gasteiger partial charge in [-0.1, -0.05) is 15.9 Å². The average molecular weight is 222 g/mol. The maximum absolute atomic E-state index is 11.1. The Labute approximate surface area is 72.6 Å². The fourth-order valence-electron chi connectivity index (χ4n) is 0.808. The van der Waals surface area contributed by atoms with Crippen LogP contribution in [0.25, 0.3) is 0 Å². The van der Waals surface area contributed by atoms with Crippen LogP contribution in [0.2, 0.25) is 0 Å².